The van der Waals surface area contributed by atoms with Crippen molar-refractivity contribution >= 4 is 34.1 Å². The van der Waals surface area contributed by atoms with E-state index in [0.29, 0.717) is 0 Å². The summed E-state index contributed by atoms with van der Waals surface area (Å²) in [7, 11) is -5.37. The molecule has 3 amide bonds. The highest BCUT2D eigenvalue weighted by atomic mass is 32.3. The molecule has 0 bridgehead atoms. The number of hydrogen-bond donors (Lipinski definition) is 17. The van der Waals surface area contributed by atoms with E-state index in [2.05, 4.69) is 20.1 Å². The van der Waals surface area contributed by atoms with E-state index in [-0.39, 0.29) is 0 Å². The molecule has 0 aromatic heterocycles. The van der Waals surface area contributed by atoms with Crippen LogP contribution in [0.2, 0.25) is 0 Å². The molecule has 0 aromatic rings. The lowest BCUT2D eigenvalue weighted by Crippen LogP contribution is -2.71. The number of nitrogens with one attached hydrogen (secondary N) is 3. The van der Waals surface area contributed by atoms with Crippen molar-refractivity contribution in [1.82, 2.24) is 16.0 Å². The van der Waals surface area contributed by atoms with Crippen LogP contribution >= 0.6 is 0 Å². The SMILES string of the molecule is CC(=O)N[C@H]1[C@H](O[C@@H]([C@@H](O)[C@H](O)CO)[C@H](CO)NC(C)=O)O[C@H](COS(=O)(=O)O)[C@@H](O[C@@H]2O[C@H](CO)[C@H](O)[C@H](O[C@]3(C(=O)O)C[C@H](O)[C@@H](NC(C)=O)[C@H]([C@H](O)[C@H](O)CO)O3)[C@H]2O)[C@@H]1O. The molecule has 64 heavy (non-hydrogen) atoms. The summed E-state index contributed by atoms with van der Waals surface area (Å²) in [5.74, 6) is -7.93. The summed E-state index contributed by atoms with van der Waals surface area (Å²) < 4.78 is 71.2. The number of carboxylic acids is 1. The highest BCUT2D eigenvalue weighted by molar-refractivity contribution is 7.80. The van der Waals surface area contributed by atoms with Gasteiger partial charge in [0, 0.05) is 27.2 Å². The Kier molecular flexibility index (Phi) is 20.5. The molecule has 0 aliphatic carbocycles. The molecule has 3 rings (SSSR count). The Morgan fingerprint density at radius 1 is 0.766 bits per heavy atom. The number of carbonyl (C=O) groups excluding carboxylic acids is 3. The average Bonchev–Trinajstić information content (AvgIpc) is 3.21. The van der Waals surface area contributed by atoms with Crippen LogP contribution < -0.4 is 16.0 Å². The zero-order valence-electron chi connectivity index (χ0n) is 34.2. The molecule has 3 heterocycles. The molecule has 0 saturated carbocycles. The van der Waals surface area contributed by atoms with E-state index in [1.54, 1.807) is 0 Å². The van der Waals surface area contributed by atoms with Crippen LogP contribution in [0.25, 0.3) is 0 Å². The molecule has 3 aliphatic heterocycles. The summed E-state index contributed by atoms with van der Waals surface area (Å²) in [5.41, 5.74) is 0. The van der Waals surface area contributed by atoms with E-state index in [4.69, 9.17) is 28.4 Å². The Morgan fingerprint density at radius 3 is 1.84 bits per heavy atom. The van der Waals surface area contributed by atoms with Gasteiger partial charge in [-0.25, -0.2) is 8.98 Å². The Hall–Kier alpha value is -2.97. The normalized spacial score (nSPS) is 36.4. The van der Waals surface area contributed by atoms with Crippen molar-refractivity contribution in [3.63, 3.8) is 0 Å². The van der Waals surface area contributed by atoms with Gasteiger partial charge in [0.15, 0.2) is 12.6 Å². The zero-order valence-corrected chi connectivity index (χ0v) is 35.0. The van der Waals surface area contributed by atoms with Gasteiger partial charge in [-0.1, -0.05) is 0 Å². The smallest absolute Gasteiger partial charge is 0.397 e. The van der Waals surface area contributed by atoms with Crippen LogP contribution in [-0.4, -0.2) is 258 Å². The molecule has 3 aliphatic rings. The van der Waals surface area contributed by atoms with Crippen LogP contribution in [-0.2, 0) is 62.2 Å². The van der Waals surface area contributed by atoms with E-state index >= 15 is 0 Å². The van der Waals surface area contributed by atoms with Crippen LogP contribution in [0.5, 0.6) is 0 Å². The highest BCUT2D eigenvalue weighted by Gasteiger charge is 2.60. The van der Waals surface area contributed by atoms with Gasteiger partial charge in [0.25, 0.3) is 5.79 Å². The largest absolute Gasteiger partial charge is 0.477 e. The predicted molar refractivity (Wildman–Crippen MR) is 199 cm³/mol. The lowest BCUT2D eigenvalue weighted by molar-refractivity contribution is -0.384. The van der Waals surface area contributed by atoms with Crippen LogP contribution in [0.4, 0.5) is 0 Å². The Bertz CT molecular complexity index is 1670. The molecule has 31 heteroatoms. The maximum Gasteiger partial charge on any atom is 0.397 e. The number of amides is 3. The van der Waals surface area contributed by atoms with Gasteiger partial charge >= 0.3 is 16.4 Å². The molecule has 0 unspecified atom stereocenters. The summed E-state index contributed by atoms with van der Waals surface area (Å²) in [6.45, 7) is -2.90. The van der Waals surface area contributed by atoms with Gasteiger partial charge in [0.1, 0.15) is 85.4 Å². The van der Waals surface area contributed by atoms with Crippen LogP contribution in [0.15, 0.2) is 0 Å². The third kappa shape index (κ3) is 13.8. The van der Waals surface area contributed by atoms with Gasteiger partial charge in [0.2, 0.25) is 17.7 Å². The first-order chi connectivity index (χ1) is 29.8. The van der Waals surface area contributed by atoms with E-state index < -0.39 is 195 Å². The molecular weight excluding hydrogens is 902 g/mol. The number of carboxylic acid groups (broad SMARTS) is 1. The standard InChI is InChI=1S/C33H57N3O27S/c1-10(41)34-13(5-37)26(21(47)15(45)6-38)60-30-20(36-12(3)43)24(50)27(18(59-30)9-57-64(54,55)56)61-31-25(51)29(23(49)17(8-40)58-31)63-33(32(52)53)4-14(44)19(35-11(2)42)28(62-33)22(48)16(46)7-39/h13-31,37-40,44-51H,4-9H2,1-3H3,(H,34,41)(H,35,42)(H,36,43)(H,52,53)(H,54,55,56)/t13-,14-,15+,16+,17+,18+,19+,20+,21-,22+,23-,24+,25+,26+,27+,28+,29-,30-,31-,33-/m0/s1. The zero-order chi connectivity index (χ0) is 48.6. The highest BCUT2D eigenvalue weighted by Crippen LogP contribution is 2.38. The number of aliphatic carboxylic acids is 1. The molecule has 30 nitrogen and oxygen atoms in total. The number of carbonyl (C=O) groups is 4. The van der Waals surface area contributed by atoms with Gasteiger partial charge in [0.05, 0.1) is 51.2 Å². The van der Waals surface area contributed by atoms with Gasteiger partial charge in [-0.05, 0) is 0 Å². The van der Waals surface area contributed by atoms with Crippen molar-refractivity contribution in [3.05, 3.63) is 0 Å². The number of aliphatic hydroxyl groups excluding tert-OH is 12. The fourth-order valence-corrected chi connectivity index (χ4v) is 7.50. The number of hydrogen-bond acceptors (Lipinski definition) is 25. The van der Waals surface area contributed by atoms with Crippen molar-refractivity contribution in [2.45, 2.75) is 149 Å². The molecule has 20 atom stereocenters. The Morgan fingerprint density at radius 2 is 1.34 bits per heavy atom. The molecular formula is C33H57N3O27S. The first-order valence-electron chi connectivity index (χ1n) is 19.3. The molecule has 3 fully saturated rings. The number of rotatable bonds is 22. The molecule has 0 radical (unpaired) electrons. The quantitative estimate of drug-likeness (QED) is 0.0448. The minimum atomic E-state index is -5.37. The minimum Gasteiger partial charge on any atom is -0.477 e. The average molecular weight is 960 g/mol. The second-order valence-electron chi connectivity index (χ2n) is 15.1. The fourth-order valence-electron chi connectivity index (χ4n) is 7.20. The third-order valence-corrected chi connectivity index (χ3v) is 10.7. The van der Waals surface area contributed by atoms with Crippen LogP contribution in [0.1, 0.15) is 27.2 Å². The maximum absolute atomic E-state index is 12.9. The molecule has 17 N–H and O–H groups in total. The monoisotopic (exact) mass is 959 g/mol. The second kappa shape index (κ2) is 23.7. The Balaban J connectivity index is 2.10. The van der Waals surface area contributed by atoms with E-state index in [1.165, 1.54) is 0 Å². The first kappa shape index (κ1) is 55.4. The van der Waals surface area contributed by atoms with Crippen LogP contribution in [0, 0.1) is 0 Å². The topological polar surface area (TPSA) is 486 Å². The summed E-state index contributed by atoms with van der Waals surface area (Å²) in [6, 6.07) is -5.24. The van der Waals surface area contributed by atoms with Crippen molar-refractivity contribution < 1.29 is 131 Å². The van der Waals surface area contributed by atoms with Gasteiger partial charge in [-0.15, -0.1) is 0 Å². The molecule has 0 aromatic carbocycles. The van der Waals surface area contributed by atoms with Crippen molar-refractivity contribution in [2.75, 3.05) is 33.0 Å². The van der Waals surface area contributed by atoms with Crippen molar-refractivity contribution in [2.24, 2.45) is 0 Å². The van der Waals surface area contributed by atoms with E-state index in [1.807, 2.05) is 0 Å². The fraction of sp³-hybridized carbons (Fsp3) is 0.879. The van der Waals surface area contributed by atoms with Crippen LogP contribution in [0.3, 0.4) is 0 Å². The lowest BCUT2D eigenvalue weighted by atomic mass is 9.88. The van der Waals surface area contributed by atoms with Crippen molar-refractivity contribution in [1.29, 1.82) is 0 Å². The van der Waals surface area contributed by atoms with Crippen molar-refractivity contribution in [3.8, 4) is 0 Å². The third-order valence-electron chi connectivity index (χ3n) is 10.2. The summed E-state index contributed by atoms with van der Waals surface area (Å²) in [4.78, 5) is 49.2. The Labute approximate surface area is 363 Å². The maximum atomic E-state index is 12.9. The molecule has 372 valence electrons. The van der Waals surface area contributed by atoms with Gasteiger partial charge < -0.3 is 111 Å². The molecule has 3 saturated heterocycles. The van der Waals surface area contributed by atoms with Gasteiger partial charge in [-0.3, -0.25) is 18.9 Å². The minimum absolute atomic E-state index is 0.818. The number of aliphatic hydroxyl groups is 12. The predicted octanol–water partition coefficient (Wildman–Crippen LogP) is -10.6. The van der Waals surface area contributed by atoms with E-state index in [9.17, 15) is 98.5 Å². The second-order valence-corrected chi connectivity index (χ2v) is 16.2. The van der Waals surface area contributed by atoms with E-state index in [0.717, 1.165) is 20.8 Å². The number of ether oxygens (including phenoxy) is 6. The summed E-state index contributed by atoms with van der Waals surface area (Å²) >= 11 is 0. The van der Waals surface area contributed by atoms with Gasteiger partial charge in [-0.2, -0.15) is 8.42 Å². The summed E-state index contributed by atoms with van der Waals surface area (Å²) in [6.07, 6.45) is -35.8. The lowest BCUT2D eigenvalue weighted by Gasteiger charge is -2.51. The summed E-state index contributed by atoms with van der Waals surface area (Å²) in [5, 5.41) is 144. The first-order valence-corrected chi connectivity index (χ1v) is 20.6. The molecule has 0 spiro atoms.